The Hall–Kier alpha value is -0.0900. The minimum absolute atomic E-state index is 0.227. The molecule has 0 radical (unpaired) electrons. The second-order valence-corrected chi connectivity index (χ2v) is 8.54. The normalized spacial score (nSPS) is 25.3. The van der Waals surface area contributed by atoms with Gasteiger partial charge in [0.05, 0.1) is 11.0 Å². The first-order valence-corrected chi connectivity index (χ1v) is 8.49. The molecule has 0 saturated heterocycles. The van der Waals surface area contributed by atoms with Gasteiger partial charge in [0.15, 0.2) is 9.84 Å². The Bertz CT molecular complexity index is 322. The van der Waals surface area contributed by atoms with Crippen LogP contribution in [-0.2, 0) is 9.84 Å². The monoisotopic (exact) mass is 261 g/mol. The lowest BCUT2D eigenvalue weighted by Gasteiger charge is -2.37. The van der Waals surface area contributed by atoms with Gasteiger partial charge in [-0.2, -0.15) is 0 Å². The summed E-state index contributed by atoms with van der Waals surface area (Å²) in [6, 6.07) is 0.524. The lowest BCUT2D eigenvalue weighted by molar-refractivity contribution is 0.164. The first-order chi connectivity index (χ1) is 7.83. The summed E-state index contributed by atoms with van der Waals surface area (Å²) in [5.74, 6) is 1.68. The van der Waals surface area contributed by atoms with Gasteiger partial charge in [-0.05, 0) is 51.5 Å². The molecule has 0 aromatic heterocycles. The fourth-order valence-corrected chi connectivity index (χ4v) is 3.33. The van der Waals surface area contributed by atoms with Gasteiger partial charge in [0, 0.05) is 6.04 Å². The SMILES string of the molecule is CC(C)NCC1CCC1CCS(=O)(=O)C(C)C. The van der Waals surface area contributed by atoms with Crippen LogP contribution in [-0.4, -0.2) is 32.0 Å². The van der Waals surface area contributed by atoms with E-state index < -0.39 is 9.84 Å². The van der Waals surface area contributed by atoms with Gasteiger partial charge >= 0.3 is 0 Å². The van der Waals surface area contributed by atoms with Gasteiger partial charge in [-0.25, -0.2) is 8.42 Å². The Morgan fingerprint density at radius 2 is 1.71 bits per heavy atom. The van der Waals surface area contributed by atoms with Crippen molar-refractivity contribution in [3.8, 4) is 0 Å². The summed E-state index contributed by atoms with van der Waals surface area (Å²) in [6.45, 7) is 8.89. The number of nitrogens with one attached hydrogen (secondary N) is 1. The lowest BCUT2D eigenvalue weighted by Crippen LogP contribution is -2.38. The quantitative estimate of drug-likeness (QED) is 0.764. The average Bonchev–Trinajstić information content (AvgIpc) is 2.15. The molecule has 4 heteroatoms. The lowest BCUT2D eigenvalue weighted by atomic mass is 9.72. The third kappa shape index (κ3) is 4.59. The van der Waals surface area contributed by atoms with E-state index in [-0.39, 0.29) is 5.25 Å². The molecule has 1 rings (SSSR count). The maximum absolute atomic E-state index is 11.7. The Labute approximate surface area is 106 Å². The zero-order valence-electron chi connectivity index (χ0n) is 11.6. The van der Waals surface area contributed by atoms with Gasteiger partial charge in [-0.15, -0.1) is 0 Å². The molecule has 1 fully saturated rings. The van der Waals surface area contributed by atoms with Crippen molar-refractivity contribution < 1.29 is 8.42 Å². The number of hydrogen-bond donors (Lipinski definition) is 1. The molecule has 0 heterocycles. The third-order valence-electron chi connectivity index (χ3n) is 3.85. The van der Waals surface area contributed by atoms with Crippen molar-refractivity contribution in [2.75, 3.05) is 12.3 Å². The first kappa shape index (κ1) is 15.0. The molecule has 102 valence electrons. The van der Waals surface area contributed by atoms with Gasteiger partial charge in [-0.1, -0.05) is 13.8 Å². The largest absolute Gasteiger partial charge is 0.314 e. The van der Waals surface area contributed by atoms with Gasteiger partial charge in [0.25, 0.3) is 0 Å². The van der Waals surface area contributed by atoms with Gasteiger partial charge in [0.1, 0.15) is 0 Å². The van der Waals surface area contributed by atoms with Crippen LogP contribution in [0.1, 0.15) is 47.0 Å². The van der Waals surface area contributed by atoms with Crippen LogP contribution in [0, 0.1) is 11.8 Å². The maximum Gasteiger partial charge on any atom is 0.152 e. The van der Waals surface area contributed by atoms with Gasteiger partial charge in [0.2, 0.25) is 0 Å². The molecule has 0 aliphatic heterocycles. The first-order valence-electron chi connectivity index (χ1n) is 6.78. The third-order valence-corrected chi connectivity index (χ3v) is 6.10. The van der Waals surface area contributed by atoms with E-state index in [9.17, 15) is 8.42 Å². The fourth-order valence-electron chi connectivity index (χ4n) is 2.23. The second-order valence-electron chi connectivity index (χ2n) is 5.86. The van der Waals surface area contributed by atoms with Gasteiger partial charge in [-0.3, -0.25) is 0 Å². The summed E-state index contributed by atoms with van der Waals surface area (Å²) < 4.78 is 23.5. The van der Waals surface area contributed by atoms with Crippen molar-refractivity contribution >= 4 is 9.84 Å². The van der Waals surface area contributed by atoms with Crippen LogP contribution in [0.4, 0.5) is 0 Å². The number of hydrogen-bond acceptors (Lipinski definition) is 3. The van der Waals surface area contributed by atoms with Gasteiger partial charge < -0.3 is 5.32 Å². The molecule has 1 aliphatic rings. The summed E-state index contributed by atoms with van der Waals surface area (Å²) in [5, 5.41) is 3.22. The van der Waals surface area contributed by atoms with Crippen LogP contribution < -0.4 is 5.32 Å². The molecule has 0 aromatic carbocycles. The van der Waals surface area contributed by atoms with Crippen LogP contribution in [0.3, 0.4) is 0 Å². The molecule has 0 amide bonds. The van der Waals surface area contributed by atoms with E-state index in [1.165, 1.54) is 12.8 Å². The summed E-state index contributed by atoms with van der Waals surface area (Å²) in [5.41, 5.74) is 0. The Morgan fingerprint density at radius 1 is 1.12 bits per heavy atom. The summed E-state index contributed by atoms with van der Waals surface area (Å²) in [4.78, 5) is 0. The minimum atomic E-state index is -2.84. The van der Waals surface area contributed by atoms with Crippen molar-refractivity contribution in [3.05, 3.63) is 0 Å². The Kier molecular flexibility index (Phi) is 5.45. The summed E-state index contributed by atoms with van der Waals surface area (Å²) in [6.07, 6.45) is 3.31. The van der Waals surface area contributed by atoms with Crippen LogP contribution in [0.15, 0.2) is 0 Å². The maximum atomic E-state index is 11.7. The van der Waals surface area contributed by atoms with Crippen molar-refractivity contribution in [3.63, 3.8) is 0 Å². The highest BCUT2D eigenvalue weighted by atomic mass is 32.2. The molecular weight excluding hydrogens is 234 g/mol. The average molecular weight is 261 g/mol. The molecule has 2 unspecified atom stereocenters. The predicted octanol–water partition coefficient (Wildman–Crippen LogP) is 2.22. The molecule has 3 nitrogen and oxygen atoms in total. The van der Waals surface area contributed by atoms with Crippen molar-refractivity contribution in [1.29, 1.82) is 0 Å². The van der Waals surface area contributed by atoms with Crippen molar-refractivity contribution in [2.45, 2.75) is 58.2 Å². The van der Waals surface area contributed by atoms with E-state index in [1.54, 1.807) is 13.8 Å². The van der Waals surface area contributed by atoms with E-state index in [0.29, 0.717) is 23.6 Å². The molecule has 1 N–H and O–H groups in total. The Balaban J connectivity index is 2.29. The van der Waals surface area contributed by atoms with Crippen molar-refractivity contribution in [1.82, 2.24) is 5.32 Å². The fraction of sp³-hybridized carbons (Fsp3) is 1.00. The smallest absolute Gasteiger partial charge is 0.152 e. The highest BCUT2D eigenvalue weighted by Gasteiger charge is 2.31. The molecule has 0 bridgehead atoms. The molecule has 1 aliphatic carbocycles. The van der Waals surface area contributed by atoms with E-state index in [2.05, 4.69) is 19.2 Å². The van der Waals surface area contributed by atoms with E-state index in [1.807, 2.05) is 0 Å². The zero-order chi connectivity index (χ0) is 13.1. The van der Waals surface area contributed by atoms with E-state index in [0.717, 1.165) is 13.0 Å². The molecule has 17 heavy (non-hydrogen) atoms. The Morgan fingerprint density at radius 3 is 2.12 bits per heavy atom. The van der Waals surface area contributed by atoms with Crippen LogP contribution >= 0.6 is 0 Å². The minimum Gasteiger partial charge on any atom is -0.314 e. The molecule has 1 saturated carbocycles. The summed E-state index contributed by atoms with van der Waals surface area (Å²) >= 11 is 0. The number of sulfone groups is 1. The van der Waals surface area contributed by atoms with E-state index >= 15 is 0 Å². The standard InChI is InChI=1S/C13H27NO2S/c1-10(2)14-9-13-6-5-12(13)7-8-17(15,16)11(3)4/h10-14H,5-9H2,1-4H3. The van der Waals surface area contributed by atoms with Crippen LogP contribution in [0.5, 0.6) is 0 Å². The van der Waals surface area contributed by atoms with Crippen LogP contribution in [0.25, 0.3) is 0 Å². The molecule has 2 atom stereocenters. The highest BCUT2D eigenvalue weighted by Crippen LogP contribution is 2.36. The molecule has 0 aromatic rings. The van der Waals surface area contributed by atoms with Crippen LogP contribution in [0.2, 0.25) is 0 Å². The predicted molar refractivity (Wildman–Crippen MR) is 72.9 cm³/mol. The van der Waals surface area contributed by atoms with E-state index in [4.69, 9.17) is 0 Å². The highest BCUT2D eigenvalue weighted by molar-refractivity contribution is 7.91. The topological polar surface area (TPSA) is 46.2 Å². The second kappa shape index (κ2) is 6.19. The summed E-state index contributed by atoms with van der Waals surface area (Å²) in [7, 11) is -2.84. The molecule has 0 spiro atoms. The van der Waals surface area contributed by atoms with Crippen molar-refractivity contribution in [2.24, 2.45) is 11.8 Å². The molecular formula is C13H27NO2S. The number of rotatable bonds is 7. The zero-order valence-corrected chi connectivity index (χ0v) is 12.4.